The topological polar surface area (TPSA) is 43.1 Å². The summed E-state index contributed by atoms with van der Waals surface area (Å²) < 4.78 is 13.4. The lowest BCUT2D eigenvalue weighted by molar-refractivity contribution is 0.102. The molecule has 1 aliphatic carbocycles. The number of Topliss-reactive ketones (excluding diaryl/α,β-unsaturated/α-hetero) is 1. The smallest absolute Gasteiger partial charge is 0.191 e. The third-order valence-corrected chi connectivity index (χ3v) is 2.57. The molecule has 0 aliphatic heterocycles. The van der Waals surface area contributed by atoms with E-state index in [4.69, 9.17) is 5.73 Å². The van der Waals surface area contributed by atoms with Crippen molar-refractivity contribution in [3.8, 4) is 0 Å². The molecule has 1 aromatic carbocycles. The molecular weight excluding hydrogens is 193 g/mol. The average Bonchev–Trinajstić information content (AvgIpc) is 2.69. The van der Waals surface area contributed by atoms with Gasteiger partial charge in [-0.2, -0.15) is 0 Å². The predicted octanol–water partition coefficient (Wildman–Crippen LogP) is 2.70. The van der Waals surface area contributed by atoms with E-state index in [0.29, 0.717) is 5.69 Å². The maximum atomic E-state index is 13.4. The number of nitrogens with two attached hydrogens (primary N) is 1. The number of ketones is 1. The van der Waals surface area contributed by atoms with Crippen LogP contribution in [0.25, 0.3) is 0 Å². The van der Waals surface area contributed by atoms with Gasteiger partial charge >= 0.3 is 0 Å². The van der Waals surface area contributed by atoms with Crippen molar-refractivity contribution in [3.63, 3.8) is 0 Å². The number of benzene rings is 1. The van der Waals surface area contributed by atoms with Crippen molar-refractivity contribution >= 4 is 11.5 Å². The molecule has 0 aromatic heterocycles. The first-order valence-electron chi connectivity index (χ1n) is 4.97. The Morgan fingerprint density at radius 3 is 2.80 bits per heavy atom. The van der Waals surface area contributed by atoms with Gasteiger partial charge in [-0.1, -0.05) is 6.08 Å². The summed E-state index contributed by atoms with van der Waals surface area (Å²) in [6.07, 6.45) is 4.54. The van der Waals surface area contributed by atoms with Gasteiger partial charge in [-0.3, -0.25) is 4.79 Å². The van der Waals surface area contributed by atoms with Crippen molar-refractivity contribution in [3.05, 3.63) is 41.2 Å². The van der Waals surface area contributed by atoms with Crippen molar-refractivity contribution < 1.29 is 9.18 Å². The molecule has 0 saturated heterocycles. The van der Waals surface area contributed by atoms with Crippen molar-refractivity contribution in [1.82, 2.24) is 0 Å². The van der Waals surface area contributed by atoms with Gasteiger partial charge in [-0.05, 0) is 43.0 Å². The fourth-order valence-electron chi connectivity index (χ4n) is 1.77. The maximum Gasteiger partial charge on any atom is 0.191 e. The lowest BCUT2D eigenvalue weighted by Gasteiger charge is -2.03. The summed E-state index contributed by atoms with van der Waals surface area (Å²) in [5.74, 6) is -0.738. The maximum absolute atomic E-state index is 13.4. The number of anilines is 1. The van der Waals surface area contributed by atoms with Crippen LogP contribution in [-0.2, 0) is 0 Å². The predicted molar refractivity (Wildman–Crippen MR) is 57.1 cm³/mol. The number of halogens is 1. The Morgan fingerprint density at radius 1 is 1.40 bits per heavy atom. The fraction of sp³-hybridized carbons (Fsp3) is 0.250. The van der Waals surface area contributed by atoms with E-state index >= 15 is 0 Å². The van der Waals surface area contributed by atoms with Crippen molar-refractivity contribution in [1.29, 1.82) is 0 Å². The van der Waals surface area contributed by atoms with Crippen LogP contribution in [0.5, 0.6) is 0 Å². The van der Waals surface area contributed by atoms with Crippen molar-refractivity contribution in [2.75, 3.05) is 5.73 Å². The number of carbonyl (C=O) groups is 1. The first-order valence-corrected chi connectivity index (χ1v) is 4.97. The van der Waals surface area contributed by atoms with E-state index in [1.165, 1.54) is 12.1 Å². The fourth-order valence-corrected chi connectivity index (χ4v) is 1.77. The van der Waals surface area contributed by atoms with Gasteiger partial charge in [0.25, 0.3) is 0 Å². The molecule has 3 heteroatoms. The van der Waals surface area contributed by atoms with Crippen LogP contribution < -0.4 is 5.73 Å². The summed E-state index contributed by atoms with van der Waals surface area (Å²) in [7, 11) is 0. The minimum absolute atomic E-state index is 0.123. The number of nitrogen functional groups attached to an aromatic ring is 1. The SMILES string of the molecule is Nc1ccc(C(=O)C2=CCCC2)c(F)c1. The molecule has 0 radical (unpaired) electrons. The number of hydrogen-bond donors (Lipinski definition) is 1. The minimum atomic E-state index is -0.534. The number of carbonyl (C=O) groups excluding carboxylic acids is 1. The van der Waals surface area contributed by atoms with Crippen molar-refractivity contribution in [2.24, 2.45) is 0 Å². The first kappa shape index (κ1) is 9.90. The molecule has 0 spiro atoms. The van der Waals surface area contributed by atoms with Gasteiger partial charge in [0.15, 0.2) is 5.78 Å². The summed E-state index contributed by atoms with van der Waals surface area (Å²) in [5, 5.41) is 0. The van der Waals surface area contributed by atoms with E-state index in [1.807, 2.05) is 6.08 Å². The lowest BCUT2D eigenvalue weighted by Crippen LogP contribution is -2.05. The van der Waals surface area contributed by atoms with Crippen LogP contribution in [0.3, 0.4) is 0 Å². The van der Waals surface area contributed by atoms with Gasteiger partial charge in [0.05, 0.1) is 5.56 Å². The molecule has 0 bridgehead atoms. The molecular formula is C12H12FNO. The summed E-state index contributed by atoms with van der Waals surface area (Å²) in [4.78, 5) is 11.8. The molecule has 0 fully saturated rings. The van der Waals surface area contributed by atoms with Gasteiger partial charge < -0.3 is 5.73 Å². The third kappa shape index (κ3) is 1.91. The standard InChI is InChI=1S/C12H12FNO/c13-11-7-9(14)5-6-10(11)12(15)8-3-1-2-4-8/h3,5-7H,1-2,4,14H2. The van der Waals surface area contributed by atoms with E-state index in [0.717, 1.165) is 24.8 Å². The minimum Gasteiger partial charge on any atom is -0.399 e. The number of allylic oxidation sites excluding steroid dienone is 2. The molecule has 78 valence electrons. The summed E-state index contributed by atoms with van der Waals surface area (Å²) in [6, 6.07) is 4.18. The summed E-state index contributed by atoms with van der Waals surface area (Å²) >= 11 is 0. The second kappa shape index (κ2) is 3.85. The lowest BCUT2D eigenvalue weighted by atomic mass is 10.0. The van der Waals surface area contributed by atoms with Crippen LogP contribution in [0.4, 0.5) is 10.1 Å². The second-order valence-corrected chi connectivity index (χ2v) is 3.69. The first-order chi connectivity index (χ1) is 7.18. The Labute approximate surface area is 87.6 Å². The van der Waals surface area contributed by atoms with Gasteiger partial charge in [-0.25, -0.2) is 4.39 Å². The Balaban J connectivity index is 2.33. The molecule has 0 unspecified atom stereocenters. The van der Waals surface area contributed by atoms with Gasteiger partial charge in [0.1, 0.15) is 5.82 Å². The monoisotopic (exact) mass is 205 g/mol. The largest absolute Gasteiger partial charge is 0.399 e. The number of rotatable bonds is 2. The highest BCUT2D eigenvalue weighted by Crippen LogP contribution is 2.23. The zero-order valence-corrected chi connectivity index (χ0v) is 8.29. The van der Waals surface area contributed by atoms with E-state index in [9.17, 15) is 9.18 Å². The zero-order valence-electron chi connectivity index (χ0n) is 8.29. The van der Waals surface area contributed by atoms with Crippen molar-refractivity contribution in [2.45, 2.75) is 19.3 Å². The molecule has 2 nitrogen and oxygen atoms in total. The van der Waals surface area contributed by atoms with Gasteiger partial charge in [0, 0.05) is 5.69 Å². The molecule has 2 rings (SSSR count). The van der Waals surface area contributed by atoms with Crippen LogP contribution in [-0.4, -0.2) is 5.78 Å². The highest BCUT2D eigenvalue weighted by Gasteiger charge is 2.18. The third-order valence-electron chi connectivity index (χ3n) is 2.57. The van der Waals surface area contributed by atoms with Crippen LogP contribution in [0.15, 0.2) is 29.8 Å². The molecule has 15 heavy (non-hydrogen) atoms. The molecule has 2 N–H and O–H groups in total. The summed E-state index contributed by atoms with van der Waals surface area (Å²) in [6.45, 7) is 0. The van der Waals surface area contributed by atoms with Gasteiger partial charge in [-0.15, -0.1) is 0 Å². The molecule has 0 saturated carbocycles. The van der Waals surface area contributed by atoms with Crippen LogP contribution >= 0.6 is 0 Å². The van der Waals surface area contributed by atoms with E-state index in [2.05, 4.69) is 0 Å². The summed E-state index contributed by atoms with van der Waals surface area (Å²) in [5.41, 5.74) is 6.60. The Bertz CT molecular complexity index is 437. The molecule has 1 aliphatic rings. The molecule has 0 heterocycles. The van der Waals surface area contributed by atoms with Crippen LogP contribution in [0.2, 0.25) is 0 Å². The molecule has 0 amide bonds. The molecule has 0 atom stereocenters. The zero-order chi connectivity index (χ0) is 10.8. The van der Waals surface area contributed by atoms with E-state index in [1.54, 1.807) is 6.07 Å². The Morgan fingerprint density at radius 2 is 2.20 bits per heavy atom. The second-order valence-electron chi connectivity index (χ2n) is 3.69. The van der Waals surface area contributed by atoms with Crippen LogP contribution in [0, 0.1) is 5.82 Å². The van der Waals surface area contributed by atoms with Crippen LogP contribution in [0.1, 0.15) is 29.6 Å². The Kier molecular flexibility index (Phi) is 2.54. The molecule has 1 aromatic rings. The normalized spacial score (nSPS) is 15.1. The number of hydrogen-bond acceptors (Lipinski definition) is 2. The highest BCUT2D eigenvalue weighted by atomic mass is 19.1. The Hall–Kier alpha value is -1.64. The van der Waals surface area contributed by atoms with E-state index < -0.39 is 5.82 Å². The quantitative estimate of drug-likeness (QED) is 0.595. The van der Waals surface area contributed by atoms with E-state index in [-0.39, 0.29) is 11.3 Å². The van der Waals surface area contributed by atoms with Gasteiger partial charge in [0.2, 0.25) is 0 Å². The highest BCUT2D eigenvalue weighted by molar-refractivity contribution is 6.09. The average molecular weight is 205 g/mol.